The second-order valence-electron chi connectivity index (χ2n) is 5.60. The molecule has 0 aliphatic carbocycles. The number of nitrogens with zero attached hydrogens (tertiary/aromatic N) is 3. The van der Waals surface area contributed by atoms with E-state index in [2.05, 4.69) is 15.0 Å². The number of amides is 1. The van der Waals surface area contributed by atoms with Crippen LogP contribution in [0.2, 0.25) is 0 Å². The van der Waals surface area contributed by atoms with E-state index in [1.807, 2.05) is 0 Å². The Morgan fingerprint density at radius 3 is 2.52 bits per heavy atom. The number of ether oxygens (including phenoxy) is 1. The maximum atomic E-state index is 12.5. The smallest absolute Gasteiger partial charge is 0.422 e. The van der Waals surface area contributed by atoms with Gasteiger partial charge in [0.1, 0.15) is 0 Å². The van der Waals surface area contributed by atoms with Crippen molar-refractivity contribution in [3.8, 4) is 5.88 Å². The first-order valence-corrected chi connectivity index (χ1v) is 7.49. The molecule has 0 atom stereocenters. The van der Waals surface area contributed by atoms with E-state index in [0.29, 0.717) is 5.69 Å². The maximum Gasteiger partial charge on any atom is 0.422 e. The van der Waals surface area contributed by atoms with Gasteiger partial charge in [-0.05, 0) is 12.1 Å². The molecule has 1 N–H and O–H groups in total. The number of aromatic nitrogens is 1. The molecule has 11 heteroatoms. The molecule has 2 aromatic rings. The van der Waals surface area contributed by atoms with Crippen LogP contribution in [0.1, 0.15) is 10.4 Å². The number of anilines is 2. The van der Waals surface area contributed by atoms with Gasteiger partial charge in [0.15, 0.2) is 6.61 Å². The molecule has 0 radical (unpaired) electrons. The molecule has 1 aromatic carbocycles. The number of halogens is 3. The summed E-state index contributed by atoms with van der Waals surface area (Å²) in [5.74, 6) is -0.886. The van der Waals surface area contributed by atoms with Gasteiger partial charge in [-0.3, -0.25) is 14.9 Å². The van der Waals surface area contributed by atoms with Crippen molar-refractivity contribution in [1.29, 1.82) is 0 Å². The summed E-state index contributed by atoms with van der Waals surface area (Å²) in [5.41, 5.74) is 0.457. The van der Waals surface area contributed by atoms with Gasteiger partial charge in [0.2, 0.25) is 5.88 Å². The minimum absolute atomic E-state index is 0.0617. The first-order valence-electron chi connectivity index (χ1n) is 7.49. The number of carbonyl (C=O) groups is 1. The van der Waals surface area contributed by atoms with Crippen molar-refractivity contribution in [3.63, 3.8) is 0 Å². The lowest BCUT2D eigenvalue weighted by Gasteiger charge is -2.17. The summed E-state index contributed by atoms with van der Waals surface area (Å²) < 4.78 is 40.8. The van der Waals surface area contributed by atoms with Crippen LogP contribution in [-0.2, 0) is 0 Å². The molecule has 1 aromatic heterocycles. The third kappa shape index (κ3) is 5.56. The van der Waals surface area contributed by atoms with Crippen molar-refractivity contribution in [2.24, 2.45) is 0 Å². The number of nitrogens with one attached hydrogen (secondary N) is 1. The fraction of sp³-hybridized carbons (Fsp3) is 0.250. The van der Waals surface area contributed by atoms with Crippen LogP contribution >= 0.6 is 0 Å². The topological polar surface area (TPSA) is 97.6 Å². The third-order valence-corrected chi connectivity index (χ3v) is 3.30. The number of nitro benzene ring substituents is 1. The lowest BCUT2D eigenvalue weighted by Crippen LogP contribution is -2.20. The molecule has 0 spiro atoms. The number of hydrogen-bond donors (Lipinski definition) is 1. The van der Waals surface area contributed by atoms with E-state index in [-0.39, 0.29) is 22.8 Å². The van der Waals surface area contributed by atoms with E-state index in [4.69, 9.17) is 0 Å². The lowest BCUT2D eigenvalue weighted by molar-refractivity contribution is -0.384. The van der Waals surface area contributed by atoms with Crippen molar-refractivity contribution < 1.29 is 27.6 Å². The van der Waals surface area contributed by atoms with Crippen molar-refractivity contribution in [1.82, 2.24) is 4.98 Å². The number of nitro groups is 1. The highest BCUT2D eigenvalue weighted by molar-refractivity contribution is 6.08. The fourth-order valence-electron chi connectivity index (χ4n) is 2.10. The van der Waals surface area contributed by atoms with Gasteiger partial charge < -0.3 is 15.0 Å². The Balaban J connectivity index is 2.17. The summed E-state index contributed by atoms with van der Waals surface area (Å²) in [6.45, 7) is -1.48. The van der Waals surface area contributed by atoms with Crippen LogP contribution in [0.3, 0.4) is 0 Å². The summed E-state index contributed by atoms with van der Waals surface area (Å²) in [6, 6.07) is 6.34. The normalized spacial score (nSPS) is 11.0. The molecule has 0 saturated carbocycles. The second kappa shape index (κ2) is 7.89. The SMILES string of the molecule is CN(C)c1ccc([N+](=O)[O-])cc1C(=O)Nc1ccc(OCC(F)(F)F)nc1. The van der Waals surface area contributed by atoms with E-state index in [1.165, 1.54) is 24.3 Å². The van der Waals surface area contributed by atoms with Gasteiger partial charge >= 0.3 is 6.18 Å². The number of alkyl halides is 3. The van der Waals surface area contributed by atoms with Crippen molar-refractivity contribution in [2.45, 2.75) is 6.18 Å². The van der Waals surface area contributed by atoms with Gasteiger partial charge in [-0.15, -0.1) is 0 Å². The summed E-state index contributed by atoms with van der Waals surface area (Å²) in [5, 5.41) is 13.4. The predicted molar refractivity (Wildman–Crippen MR) is 91.2 cm³/mol. The van der Waals surface area contributed by atoms with Gasteiger partial charge in [-0.2, -0.15) is 13.2 Å². The average Bonchev–Trinajstić information content (AvgIpc) is 2.59. The van der Waals surface area contributed by atoms with Gasteiger partial charge in [0.05, 0.1) is 22.4 Å². The molecule has 0 saturated heterocycles. The largest absolute Gasteiger partial charge is 0.468 e. The van der Waals surface area contributed by atoms with Crippen molar-refractivity contribution >= 4 is 23.0 Å². The molecule has 2 rings (SSSR count). The highest BCUT2D eigenvalue weighted by Gasteiger charge is 2.28. The summed E-state index contributed by atoms with van der Waals surface area (Å²) in [6.07, 6.45) is -3.37. The average molecular weight is 384 g/mol. The Labute approximate surface area is 151 Å². The van der Waals surface area contributed by atoms with E-state index in [1.54, 1.807) is 19.0 Å². The number of pyridine rings is 1. The molecular formula is C16H15F3N4O4. The van der Waals surface area contributed by atoms with Gasteiger partial charge in [0.25, 0.3) is 11.6 Å². The number of hydrogen-bond acceptors (Lipinski definition) is 6. The summed E-state index contributed by atoms with van der Waals surface area (Å²) in [7, 11) is 3.35. The van der Waals surface area contributed by atoms with Crippen LogP contribution in [0, 0.1) is 10.1 Å². The fourth-order valence-corrected chi connectivity index (χ4v) is 2.10. The van der Waals surface area contributed by atoms with E-state index >= 15 is 0 Å². The maximum absolute atomic E-state index is 12.5. The van der Waals surface area contributed by atoms with Crippen molar-refractivity contribution in [2.75, 3.05) is 30.9 Å². The zero-order valence-electron chi connectivity index (χ0n) is 14.3. The Bertz CT molecular complexity index is 839. The highest BCUT2D eigenvalue weighted by atomic mass is 19.4. The van der Waals surface area contributed by atoms with Crippen LogP contribution in [-0.4, -0.2) is 42.7 Å². The zero-order chi connectivity index (χ0) is 20.2. The predicted octanol–water partition coefficient (Wildman–Crippen LogP) is 3.25. The molecular weight excluding hydrogens is 369 g/mol. The van der Waals surface area contributed by atoms with E-state index in [0.717, 1.165) is 12.3 Å². The number of carbonyl (C=O) groups excluding carboxylic acids is 1. The second-order valence-corrected chi connectivity index (χ2v) is 5.60. The standard InChI is InChI=1S/C16H15F3N4O4/c1-22(2)13-5-4-11(23(25)26)7-12(13)15(24)21-10-3-6-14(20-8-10)27-9-16(17,18)19/h3-8H,9H2,1-2H3,(H,21,24). The number of benzene rings is 1. The minimum Gasteiger partial charge on any atom is -0.468 e. The summed E-state index contributed by atoms with van der Waals surface area (Å²) >= 11 is 0. The Morgan fingerprint density at radius 1 is 1.30 bits per heavy atom. The van der Waals surface area contributed by atoms with Crippen LogP contribution in [0.4, 0.5) is 30.2 Å². The van der Waals surface area contributed by atoms with Crippen LogP contribution in [0.5, 0.6) is 5.88 Å². The molecule has 0 aliphatic rings. The van der Waals surface area contributed by atoms with E-state index in [9.17, 15) is 28.1 Å². The quantitative estimate of drug-likeness (QED) is 0.607. The van der Waals surface area contributed by atoms with Crippen molar-refractivity contribution in [3.05, 3.63) is 52.2 Å². The van der Waals surface area contributed by atoms with Gasteiger partial charge in [-0.1, -0.05) is 0 Å². The molecule has 0 unspecified atom stereocenters. The molecule has 1 amide bonds. The minimum atomic E-state index is -4.49. The van der Waals surface area contributed by atoms with Gasteiger partial charge in [-0.25, -0.2) is 4.98 Å². The van der Waals surface area contributed by atoms with E-state index < -0.39 is 23.6 Å². The third-order valence-electron chi connectivity index (χ3n) is 3.30. The lowest BCUT2D eigenvalue weighted by atomic mass is 10.1. The molecule has 0 fully saturated rings. The van der Waals surface area contributed by atoms with Crippen LogP contribution < -0.4 is 15.0 Å². The Hall–Kier alpha value is -3.37. The molecule has 27 heavy (non-hydrogen) atoms. The molecule has 0 bridgehead atoms. The monoisotopic (exact) mass is 384 g/mol. The first kappa shape index (κ1) is 19.9. The first-order chi connectivity index (χ1) is 12.6. The number of non-ortho nitro benzene ring substituents is 1. The molecule has 144 valence electrons. The molecule has 1 heterocycles. The Kier molecular flexibility index (Phi) is 5.83. The van der Waals surface area contributed by atoms with Crippen LogP contribution in [0.15, 0.2) is 36.5 Å². The van der Waals surface area contributed by atoms with Gasteiger partial charge in [0, 0.05) is 38.0 Å². The zero-order valence-corrected chi connectivity index (χ0v) is 14.3. The highest BCUT2D eigenvalue weighted by Crippen LogP contribution is 2.25. The molecule has 0 aliphatic heterocycles. The summed E-state index contributed by atoms with van der Waals surface area (Å²) in [4.78, 5) is 28.1. The number of rotatable bonds is 6. The molecule has 8 nitrogen and oxygen atoms in total. The van der Waals surface area contributed by atoms with Crippen LogP contribution in [0.25, 0.3) is 0 Å². The Morgan fingerprint density at radius 2 is 2.00 bits per heavy atom.